The molecule has 0 aliphatic heterocycles. The molecule has 33 heavy (non-hydrogen) atoms. The molecule has 0 atom stereocenters. The number of hydrogen-bond acceptors (Lipinski definition) is 3. The molecule has 0 spiro atoms. The first-order chi connectivity index (χ1) is 15.4. The molecule has 4 heteroatoms. The number of fused-ring (bicyclic) bond motifs is 1. The van der Waals surface area contributed by atoms with E-state index in [0.717, 1.165) is 36.9 Å². The molecule has 0 amide bonds. The van der Waals surface area contributed by atoms with E-state index in [-0.39, 0.29) is 43.0 Å². The van der Waals surface area contributed by atoms with Crippen molar-refractivity contribution in [1.82, 2.24) is 4.98 Å². The van der Waals surface area contributed by atoms with Crippen LogP contribution in [0.4, 0.5) is 0 Å². The molecule has 179 valence electrons. The van der Waals surface area contributed by atoms with Gasteiger partial charge in [0.25, 0.3) is 0 Å². The van der Waals surface area contributed by atoms with Crippen LogP contribution in [0.5, 0.6) is 0 Å². The van der Waals surface area contributed by atoms with E-state index in [2.05, 4.69) is 29.2 Å². The average molecular weight is 623 g/mol. The minimum atomic E-state index is -0.248. The third-order valence-electron chi connectivity index (χ3n) is 6.49. The van der Waals surface area contributed by atoms with Gasteiger partial charge in [-0.1, -0.05) is 76.4 Å². The first-order valence-corrected chi connectivity index (χ1v) is 11.7. The van der Waals surface area contributed by atoms with Gasteiger partial charge in [-0.3, -0.25) is 4.79 Å². The summed E-state index contributed by atoms with van der Waals surface area (Å²) in [5.41, 5.74) is 1.79. The zero-order chi connectivity index (χ0) is 23.6. The van der Waals surface area contributed by atoms with Crippen LogP contribution in [0, 0.1) is 17.4 Å². The quantitative estimate of drug-likeness (QED) is 0.158. The van der Waals surface area contributed by atoms with Crippen LogP contribution in [0.15, 0.2) is 72.6 Å². The number of hydrogen-bond donors (Lipinski definition) is 1. The summed E-state index contributed by atoms with van der Waals surface area (Å²) in [6.07, 6.45) is 6.64. The van der Waals surface area contributed by atoms with Crippen molar-refractivity contribution < 1.29 is 30.0 Å². The second-order valence-electron chi connectivity index (χ2n) is 8.37. The van der Waals surface area contributed by atoms with Gasteiger partial charge < -0.3 is 10.1 Å². The van der Waals surface area contributed by atoms with E-state index in [0.29, 0.717) is 0 Å². The van der Waals surface area contributed by atoms with Gasteiger partial charge in [0.2, 0.25) is 0 Å². The maximum atomic E-state index is 11.9. The summed E-state index contributed by atoms with van der Waals surface area (Å²) in [6.45, 7) is 10.1. The molecule has 0 aliphatic rings. The van der Waals surface area contributed by atoms with E-state index < -0.39 is 0 Å². The molecule has 2 aromatic carbocycles. The van der Waals surface area contributed by atoms with Crippen molar-refractivity contribution in [2.75, 3.05) is 0 Å². The number of carbonyl (C=O) groups excluding carboxylic acids is 1. The molecule has 3 rings (SSSR count). The van der Waals surface area contributed by atoms with E-state index >= 15 is 0 Å². The zero-order valence-electron chi connectivity index (χ0n) is 20.4. The first-order valence-electron chi connectivity index (χ1n) is 11.7. The van der Waals surface area contributed by atoms with Gasteiger partial charge in [0.15, 0.2) is 5.78 Å². The number of aliphatic hydroxyl groups is 1. The summed E-state index contributed by atoms with van der Waals surface area (Å²) < 4.78 is 0. The molecule has 1 radical (unpaired) electrons. The summed E-state index contributed by atoms with van der Waals surface area (Å²) in [5, 5.41) is 12.4. The Labute approximate surface area is 212 Å². The standard InChI is InChI=1S/C15H10N.C14H26O2.Ir/c1-2-8-13-12(6-1)7-5-9-14(13)15-10-3-4-11-16-15;1-6-11(7-2)12(15)10-13(16)14(5,8-3)9-4;/h1-8,10-11H;10-11,16H,6-9H2,1-5H3;/q-1;;/b;13-10-;. The zero-order valence-corrected chi connectivity index (χ0v) is 22.8. The topological polar surface area (TPSA) is 50.2 Å². The summed E-state index contributed by atoms with van der Waals surface area (Å²) in [5.74, 6) is 0.366. The fraction of sp³-hybridized carbons (Fsp3) is 0.379. The second-order valence-corrected chi connectivity index (χ2v) is 8.37. The molecule has 3 aromatic rings. The predicted molar refractivity (Wildman–Crippen MR) is 134 cm³/mol. The molecular formula is C29H36IrNO2-. The van der Waals surface area contributed by atoms with Gasteiger partial charge >= 0.3 is 0 Å². The molecule has 0 saturated carbocycles. The Morgan fingerprint density at radius 1 is 1.03 bits per heavy atom. The molecule has 1 aromatic heterocycles. The van der Waals surface area contributed by atoms with E-state index in [1.54, 1.807) is 0 Å². The molecule has 0 aliphatic carbocycles. The van der Waals surface area contributed by atoms with Crippen LogP contribution >= 0.6 is 0 Å². The Morgan fingerprint density at radius 3 is 2.24 bits per heavy atom. The van der Waals surface area contributed by atoms with Gasteiger partial charge in [0.1, 0.15) is 5.76 Å². The van der Waals surface area contributed by atoms with Crippen molar-refractivity contribution in [3.8, 4) is 11.3 Å². The van der Waals surface area contributed by atoms with Crippen LogP contribution in [-0.2, 0) is 24.9 Å². The minimum Gasteiger partial charge on any atom is -0.512 e. The Hall–Kier alpha value is -2.29. The van der Waals surface area contributed by atoms with Gasteiger partial charge in [-0.2, -0.15) is 0 Å². The third kappa shape index (κ3) is 7.62. The van der Waals surface area contributed by atoms with Gasteiger partial charge in [-0.25, -0.2) is 0 Å². The Balaban J connectivity index is 0.000000320. The molecule has 0 bridgehead atoms. The number of rotatable bonds is 8. The van der Waals surface area contributed by atoms with Crippen LogP contribution < -0.4 is 0 Å². The van der Waals surface area contributed by atoms with Crippen LogP contribution in [0.3, 0.4) is 0 Å². The number of nitrogens with zero attached hydrogens (tertiary/aromatic N) is 1. The van der Waals surface area contributed by atoms with Crippen LogP contribution in [0.25, 0.3) is 22.0 Å². The monoisotopic (exact) mass is 623 g/mol. The Kier molecular flexibility index (Phi) is 12.3. The molecule has 0 fully saturated rings. The van der Waals surface area contributed by atoms with Crippen molar-refractivity contribution in [1.29, 1.82) is 0 Å². The SMILES string of the molecule is CCC(CC)C(=O)/C=C(\O)C(C)(CC)CC.[Ir].[c-]1ccc2ccccc2c1-c1ccccn1. The Bertz CT molecular complexity index is 1020. The largest absolute Gasteiger partial charge is 0.512 e. The van der Waals surface area contributed by atoms with E-state index in [1.807, 2.05) is 77.2 Å². The maximum absolute atomic E-state index is 11.9. The number of carbonyl (C=O) groups is 1. The second kappa shape index (κ2) is 14.1. The molecule has 3 nitrogen and oxygen atoms in total. The molecule has 1 heterocycles. The summed E-state index contributed by atoms with van der Waals surface area (Å²) >= 11 is 0. The number of allylic oxidation sites excluding steroid dienone is 2. The number of aromatic nitrogens is 1. The smallest absolute Gasteiger partial charge is 0.162 e. The first kappa shape index (κ1) is 28.7. The Morgan fingerprint density at radius 2 is 1.67 bits per heavy atom. The molecular weight excluding hydrogens is 587 g/mol. The summed E-state index contributed by atoms with van der Waals surface area (Å²) in [6, 6.07) is 21.5. The predicted octanol–water partition coefficient (Wildman–Crippen LogP) is 7.96. The van der Waals surface area contributed by atoms with Gasteiger partial charge in [-0.15, -0.1) is 29.1 Å². The summed E-state index contributed by atoms with van der Waals surface area (Å²) in [4.78, 5) is 16.2. The van der Waals surface area contributed by atoms with Crippen LogP contribution in [0.1, 0.15) is 60.3 Å². The van der Waals surface area contributed by atoms with Gasteiger partial charge in [0.05, 0.1) is 0 Å². The van der Waals surface area contributed by atoms with Crippen molar-refractivity contribution in [2.45, 2.75) is 60.3 Å². The molecule has 0 unspecified atom stereocenters. The number of pyridine rings is 1. The van der Waals surface area contributed by atoms with Crippen molar-refractivity contribution in [3.63, 3.8) is 0 Å². The van der Waals surface area contributed by atoms with Crippen molar-refractivity contribution in [2.24, 2.45) is 11.3 Å². The van der Waals surface area contributed by atoms with Gasteiger partial charge in [-0.05, 0) is 37.4 Å². The minimum absolute atomic E-state index is 0. The van der Waals surface area contributed by atoms with Crippen LogP contribution in [-0.4, -0.2) is 15.9 Å². The number of ketones is 1. The maximum Gasteiger partial charge on any atom is 0.162 e. The van der Waals surface area contributed by atoms with Crippen molar-refractivity contribution >= 4 is 16.6 Å². The fourth-order valence-electron chi connectivity index (χ4n) is 3.62. The van der Waals surface area contributed by atoms with E-state index in [9.17, 15) is 9.90 Å². The van der Waals surface area contributed by atoms with E-state index in [1.165, 1.54) is 16.8 Å². The van der Waals surface area contributed by atoms with E-state index in [4.69, 9.17) is 0 Å². The third-order valence-corrected chi connectivity index (χ3v) is 6.49. The molecule has 1 N–H and O–H groups in total. The van der Waals surface area contributed by atoms with Crippen molar-refractivity contribution in [3.05, 3.63) is 78.7 Å². The normalized spacial score (nSPS) is 11.5. The molecule has 0 saturated heterocycles. The number of aliphatic hydroxyl groups excluding tert-OH is 1. The summed E-state index contributed by atoms with van der Waals surface area (Å²) in [7, 11) is 0. The number of benzene rings is 2. The van der Waals surface area contributed by atoms with Gasteiger partial charge in [0, 0.05) is 43.7 Å². The fourth-order valence-corrected chi connectivity index (χ4v) is 3.62. The van der Waals surface area contributed by atoms with Crippen LogP contribution in [0.2, 0.25) is 0 Å². The average Bonchev–Trinajstić information content (AvgIpc) is 2.84.